The number of methoxy groups -OCH3 is 1. The minimum absolute atomic E-state index is 0.0168. The molecule has 0 radical (unpaired) electrons. The lowest BCUT2D eigenvalue weighted by atomic mass is 10.3. The summed E-state index contributed by atoms with van der Waals surface area (Å²) in [5.41, 5.74) is 0.814. The van der Waals surface area contributed by atoms with Gasteiger partial charge < -0.3 is 4.74 Å². The molecule has 1 aromatic carbocycles. The van der Waals surface area contributed by atoms with Crippen molar-refractivity contribution in [1.82, 2.24) is 9.71 Å². The maximum Gasteiger partial charge on any atom is 0.244 e. The Bertz CT molecular complexity index is 982. The van der Waals surface area contributed by atoms with Gasteiger partial charge in [-0.3, -0.25) is 0 Å². The number of rotatable bonds is 6. The van der Waals surface area contributed by atoms with Crippen LogP contribution in [0.4, 0.5) is 0 Å². The zero-order valence-corrected chi connectivity index (χ0v) is 16.7. The summed E-state index contributed by atoms with van der Waals surface area (Å²) < 4.78 is 33.0. The van der Waals surface area contributed by atoms with Gasteiger partial charge in [0.05, 0.1) is 17.7 Å². The molecule has 3 rings (SSSR count). The molecule has 0 bridgehead atoms. The van der Waals surface area contributed by atoms with Crippen molar-refractivity contribution in [2.24, 2.45) is 0 Å². The molecule has 0 amide bonds. The molecular formula is C16H15ClN2O3S3. The smallest absolute Gasteiger partial charge is 0.244 e. The third-order valence-corrected chi connectivity index (χ3v) is 7.32. The van der Waals surface area contributed by atoms with Gasteiger partial charge in [-0.2, -0.15) is 0 Å². The van der Waals surface area contributed by atoms with Gasteiger partial charge in [0, 0.05) is 16.4 Å². The van der Waals surface area contributed by atoms with E-state index < -0.39 is 10.0 Å². The molecule has 0 saturated heterocycles. The number of nitrogens with one attached hydrogen (secondary N) is 1. The fourth-order valence-corrected chi connectivity index (χ4v) is 5.51. The molecule has 0 spiro atoms. The third kappa shape index (κ3) is 4.04. The Morgan fingerprint density at radius 2 is 2.12 bits per heavy atom. The lowest BCUT2D eigenvalue weighted by molar-refractivity contribution is 0.402. The number of ether oxygens (including phenoxy) is 1. The number of sulfonamides is 1. The maximum atomic E-state index is 12.6. The molecule has 0 aliphatic rings. The first-order chi connectivity index (χ1) is 11.9. The molecular weight excluding hydrogens is 400 g/mol. The van der Waals surface area contributed by atoms with E-state index in [1.54, 1.807) is 17.4 Å². The topological polar surface area (TPSA) is 68.3 Å². The number of aryl methyl sites for hydroxylation is 1. The van der Waals surface area contributed by atoms with Gasteiger partial charge in [-0.05, 0) is 36.6 Å². The molecule has 0 fully saturated rings. The number of thiazole rings is 1. The standard InChI is InChI=1S/C16H15ClN2O3S3/c1-10-14(24-16(19-10)13-4-3-7-23-13)9-18-25(20,21)15-8-11(17)5-6-12(15)22-2/h3-8,18H,9H2,1-2H3. The molecule has 2 heterocycles. The second-order valence-corrected chi connectivity index (χ2v) is 9.33. The van der Waals surface area contributed by atoms with Crippen LogP contribution in [0.2, 0.25) is 5.02 Å². The monoisotopic (exact) mass is 414 g/mol. The Hall–Kier alpha value is -1.45. The van der Waals surface area contributed by atoms with Crippen LogP contribution in [0.15, 0.2) is 40.6 Å². The zero-order valence-electron chi connectivity index (χ0n) is 13.4. The van der Waals surface area contributed by atoms with Gasteiger partial charge in [-0.25, -0.2) is 18.1 Å². The molecule has 0 aliphatic carbocycles. The highest BCUT2D eigenvalue weighted by Crippen LogP contribution is 2.32. The first-order valence-electron chi connectivity index (χ1n) is 7.24. The van der Waals surface area contributed by atoms with Gasteiger partial charge in [0.1, 0.15) is 15.7 Å². The predicted molar refractivity (Wildman–Crippen MR) is 102 cm³/mol. The van der Waals surface area contributed by atoms with Crippen LogP contribution in [-0.2, 0) is 16.6 Å². The molecule has 2 aromatic heterocycles. The van der Waals surface area contributed by atoms with E-state index in [1.807, 2.05) is 24.4 Å². The van der Waals surface area contributed by atoms with Crippen LogP contribution in [0.3, 0.4) is 0 Å². The fraction of sp³-hybridized carbons (Fsp3) is 0.188. The van der Waals surface area contributed by atoms with E-state index in [0.717, 1.165) is 20.5 Å². The van der Waals surface area contributed by atoms with Crippen LogP contribution in [-0.4, -0.2) is 20.5 Å². The summed E-state index contributed by atoms with van der Waals surface area (Å²) in [5, 5.41) is 3.21. The summed E-state index contributed by atoms with van der Waals surface area (Å²) in [6, 6.07) is 8.45. The molecule has 0 atom stereocenters. The van der Waals surface area contributed by atoms with Crippen LogP contribution in [0.1, 0.15) is 10.6 Å². The Balaban J connectivity index is 1.83. The van der Waals surface area contributed by atoms with Gasteiger partial charge >= 0.3 is 0 Å². The van der Waals surface area contributed by atoms with Crippen molar-refractivity contribution >= 4 is 44.3 Å². The van der Waals surface area contributed by atoms with E-state index in [4.69, 9.17) is 16.3 Å². The highest BCUT2D eigenvalue weighted by molar-refractivity contribution is 7.89. The lowest BCUT2D eigenvalue weighted by Gasteiger charge is -2.10. The van der Waals surface area contributed by atoms with Crippen LogP contribution < -0.4 is 9.46 Å². The number of hydrogen-bond acceptors (Lipinski definition) is 6. The van der Waals surface area contributed by atoms with E-state index in [-0.39, 0.29) is 17.2 Å². The second-order valence-electron chi connectivity index (χ2n) is 5.12. The molecule has 9 heteroatoms. The molecule has 3 aromatic rings. The van der Waals surface area contributed by atoms with E-state index >= 15 is 0 Å². The lowest BCUT2D eigenvalue weighted by Crippen LogP contribution is -2.23. The zero-order chi connectivity index (χ0) is 18.0. The largest absolute Gasteiger partial charge is 0.495 e. The molecule has 1 N–H and O–H groups in total. The SMILES string of the molecule is COc1ccc(Cl)cc1S(=O)(=O)NCc1sc(-c2cccs2)nc1C. The normalized spacial score (nSPS) is 11.6. The summed E-state index contributed by atoms with van der Waals surface area (Å²) in [6.07, 6.45) is 0. The summed E-state index contributed by atoms with van der Waals surface area (Å²) >= 11 is 9.01. The second kappa shape index (κ2) is 7.43. The Morgan fingerprint density at radius 1 is 1.32 bits per heavy atom. The number of hydrogen-bond donors (Lipinski definition) is 1. The van der Waals surface area contributed by atoms with Crippen LogP contribution in [0.25, 0.3) is 9.88 Å². The van der Waals surface area contributed by atoms with Crippen molar-refractivity contribution in [1.29, 1.82) is 0 Å². The molecule has 0 saturated carbocycles. The Labute approximate surface area is 159 Å². The first kappa shape index (κ1) is 18.3. The van der Waals surface area contributed by atoms with Crippen molar-refractivity contribution in [3.63, 3.8) is 0 Å². The highest BCUT2D eigenvalue weighted by atomic mass is 35.5. The first-order valence-corrected chi connectivity index (χ1v) is 10.8. The quantitative estimate of drug-likeness (QED) is 0.652. The number of halogens is 1. The van der Waals surface area contributed by atoms with Gasteiger partial charge in [-0.15, -0.1) is 22.7 Å². The minimum Gasteiger partial charge on any atom is -0.495 e. The van der Waals surface area contributed by atoms with Crippen molar-refractivity contribution in [2.75, 3.05) is 7.11 Å². The van der Waals surface area contributed by atoms with Gasteiger partial charge in [0.2, 0.25) is 10.0 Å². The Kier molecular flexibility index (Phi) is 5.45. The highest BCUT2D eigenvalue weighted by Gasteiger charge is 2.21. The van der Waals surface area contributed by atoms with Gasteiger partial charge in [-0.1, -0.05) is 17.7 Å². The van der Waals surface area contributed by atoms with Crippen molar-refractivity contribution in [2.45, 2.75) is 18.4 Å². The van der Waals surface area contributed by atoms with Gasteiger partial charge in [0.15, 0.2) is 0 Å². The summed E-state index contributed by atoms with van der Waals surface area (Å²) in [7, 11) is -2.34. The van der Waals surface area contributed by atoms with Crippen LogP contribution >= 0.6 is 34.3 Å². The fourth-order valence-electron chi connectivity index (χ4n) is 2.20. The minimum atomic E-state index is -3.76. The molecule has 25 heavy (non-hydrogen) atoms. The summed E-state index contributed by atoms with van der Waals surface area (Å²) in [6.45, 7) is 2.03. The average molecular weight is 415 g/mol. The summed E-state index contributed by atoms with van der Waals surface area (Å²) in [5.74, 6) is 0.247. The van der Waals surface area contributed by atoms with Crippen molar-refractivity contribution in [3.8, 4) is 15.6 Å². The predicted octanol–water partition coefficient (Wildman–Crippen LogP) is 4.32. The van der Waals surface area contributed by atoms with E-state index in [2.05, 4.69) is 9.71 Å². The van der Waals surface area contributed by atoms with E-state index in [0.29, 0.717) is 5.02 Å². The van der Waals surface area contributed by atoms with Crippen molar-refractivity contribution in [3.05, 3.63) is 51.3 Å². The van der Waals surface area contributed by atoms with Gasteiger partial charge in [0.25, 0.3) is 0 Å². The summed E-state index contributed by atoms with van der Waals surface area (Å²) in [4.78, 5) is 6.48. The third-order valence-electron chi connectivity index (χ3n) is 3.46. The molecule has 0 unspecified atom stereocenters. The maximum absolute atomic E-state index is 12.6. The average Bonchev–Trinajstić information content (AvgIpc) is 3.22. The van der Waals surface area contributed by atoms with Crippen molar-refractivity contribution < 1.29 is 13.2 Å². The van der Waals surface area contributed by atoms with E-state index in [1.165, 1.54) is 30.6 Å². The van der Waals surface area contributed by atoms with Crippen LogP contribution in [0.5, 0.6) is 5.75 Å². The number of aromatic nitrogens is 1. The molecule has 132 valence electrons. The number of thiophene rings is 1. The van der Waals surface area contributed by atoms with E-state index in [9.17, 15) is 8.42 Å². The number of benzene rings is 1. The molecule has 5 nitrogen and oxygen atoms in total. The Morgan fingerprint density at radius 3 is 2.80 bits per heavy atom. The van der Waals surface area contributed by atoms with Crippen LogP contribution in [0, 0.1) is 6.92 Å². The molecule has 0 aliphatic heterocycles. The number of nitrogens with zero attached hydrogens (tertiary/aromatic N) is 1.